The monoisotopic (exact) mass is 290 g/mol. The smallest absolute Gasteiger partial charge is 0.130 e. The number of hydrogen-bond donors (Lipinski definition) is 1. The third-order valence-corrected chi connectivity index (χ3v) is 3.00. The van der Waals surface area contributed by atoms with Crippen LogP contribution >= 0.6 is 12.2 Å². The molecule has 0 amide bonds. The third kappa shape index (κ3) is 4.52. The Labute approximate surface area is 123 Å². The van der Waals surface area contributed by atoms with Crippen molar-refractivity contribution >= 4 is 12.2 Å². The molecule has 0 aliphatic heterocycles. The van der Waals surface area contributed by atoms with Crippen molar-refractivity contribution in [3.05, 3.63) is 46.9 Å². The molecule has 1 aromatic heterocycles. The van der Waals surface area contributed by atoms with Gasteiger partial charge < -0.3 is 14.5 Å². The lowest BCUT2D eigenvalue weighted by atomic mass is 10.1. The average Bonchev–Trinajstić information content (AvgIpc) is 2.47. The topological polar surface area (TPSA) is 47.1 Å². The molecule has 0 saturated heterocycles. The molecule has 4 nitrogen and oxygen atoms in total. The quantitative estimate of drug-likeness (QED) is 0.629. The summed E-state index contributed by atoms with van der Waals surface area (Å²) < 4.78 is 11.0. The fourth-order valence-corrected chi connectivity index (χ4v) is 2.04. The summed E-state index contributed by atoms with van der Waals surface area (Å²) in [5.41, 5.74) is 2.08. The Morgan fingerprint density at radius 3 is 2.70 bits per heavy atom. The summed E-state index contributed by atoms with van der Waals surface area (Å²) in [7, 11) is 1.66. The molecule has 2 aromatic rings. The molecular weight excluding hydrogens is 272 g/mol. The molecule has 0 atom stereocenters. The molecule has 0 radical (unpaired) electrons. The van der Waals surface area contributed by atoms with E-state index in [0.717, 1.165) is 17.1 Å². The maximum atomic E-state index is 5.44. The van der Waals surface area contributed by atoms with Gasteiger partial charge in [0.2, 0.25) is 0 Å². The van der Waals surface area contributed by atoms with Gasteiger partial charge in [-0.05, 0) is 11.6 Å². The molecule has 1 aromatic carbocycles. The zero-order valence-electron chi connectivity index (χ0n) is 11.5. The number of H-pyrrole nitrogens is 1. The molecule has 106 valence electrons. The molecule has 0 unspecified atom stereocenters. The second-order valence-corrected chi connectivity index (χ2v) is 4.72. The van der Waals surface area contributed by atoms with Crippen LogP contribution in [0.2, 0.25) is 0 Å². The summed E-state index contributed by atoms with van der Waals surface area (Å²) in [5, 5.41) is 0. The zero-order chi connectivity index (χ0) is 14.2. The van der Waals surface area contributed by atoms with Gasteiger partial charge in [0.25, 0.3) is 0 Å². The van der Waals surface area contributed by atoms with Gasteiger partial charge in [-0.3, -0.25) is 0 Å². The van der Waals surface area contributed by atoms with Crippen LogP contribution in [-0.4, -0.2) is 36.9 Å². The van der Waals surface area contributed by atoms with E-state index in [1.54, 1.807) is 7.11 Å². The lowest BCUT2D eigenvalue weighted by molar-refractivity contribution is 0.0716. The largest absolute Gasteiger partial charge is 0.382 e. The molecular formula is C15H18N2O2S. The second-order valence-electron chi connectivity index (χ2n) is 4.30. The van der Waals surface area contributed by atoms with Crippen LogP contribution in [0.1, 0.15) is 5.82 Å². The first-order valence-electron chi connectivity index (χ1n) is 6.52. The van der Waals surface area contributed by atoms with Crippen LogP contribution in [0.5, 0.6) is 0 Å². The summed E-state index contributed by atoms with van der Waals surface area (Å²) in [6, 6.07) is 11.9. The summed E-state index contributed by atoms with van der Waals surface area (Å²) in [4.78, 5) is 7.63. The Balaban J connectivity index is 2.04. The first kappa shape index (κ1) is 14.8. The van der Waals surface area contributed by atoms with Crippen molar-refractivity contribution in [3.63, 3.8) is 0 Å². The molecule has 5 heteroatoms. The Bertz CT molecular complexity index is 584. The number of methoxy groups -OCH3 is 1. The van der Waals surface area contributed by atoms with Gasteiger partial charge in [-0.25, -0.2) is 4.98 Å². The van der Waals surface area contributed by atoms with Crippen LogP contribution in [0, 0.1) is 4.64 Å². The highest BCUT2D eigenvalue weighted by atomic mass is 32.1. The van der Waals surface area contributed by atoms with Gasteiger partial charge in [-0.15, -0.1) is 0 Å². The molecule has 2 rings (SSSR count). The van der Waals surface area contributed by atoms with Crippen molar-refractivity contribution in [2.75, 3.05) is 26.9 Å². The summed E-state index contributed by atoms with van der Waals surface area (Å²) in [6.45, 7) is 1.79. The van der Waals surface area contributed by atoms with E-state index in [-0.39, 0.29) is 0 Å². The van der Waals surface area contributed by atoms with E-state index in [1.807, 2.05) is 36.4 Å². The fraction of sp³-hybridized carbons (Fsp3) is 0.333. The molecule has 0 saturated carbocycles. The van der Waals surface area contributed by atoms with Gasteiger partial charge in [-0.1, -0.05) is 42.5 Å². The zero-order valence-corrected chi connectivity index (χ0v) is 12.3. The van der Waals surface area contributed by atoms with E-state index in [2.05, 4.69) is 9.97 Å². The molecule has 1 N–H and O–H groups in total. The van der Waals surface area contributed by atoms with Gasteiger partial charge in [0.1, 0.15) is 10.5 Å². The van der Waals surface area contributed by atoms with E-state index >= 15 is 0 Å². The molecule has 1 heterocycles. The Morgan fingerprint density at radius 2 is 1.95 bits per heavy atom. The predicted octanol–water partition coefficient (Wildman–Crippen LogP) is 3.01. The Kier molecular flexibility index (Phi) is 5.86. The summed E-state index contributed by atoms with van der Waals surface area (Å²) in [5.74, 6) is 0.841. The van der Waals surface area contributed by atoms with Crippen molar-refractivity contribution in [1.29, 1.82) is 0 Å². The van der Waals surface area contributed by atoms with Crippen molar-refractivity contribution in [2.45, 2.75) is 6.42 Å². The van der Waals surface area contributed by atoms with Gasteiger partial charge >= 0.3 is 0 Å². The van der Waals surface area contributed by atoms with Crippen LogP contribution < -0.4 is 0 Å². The molecule has 0 bridgehead atoms. The average molecular weight is 290 g/mol. The number of hydrogen-bond acceptors (Lipinski definition) is 4. The highest BCUT2D eigenvalue weighted by Gasteiger charge is 2.02. The minimum absolute atomic E-state index is 0.592. The van der Waals surface area contributed by atoms with Crippen LogP contribution in [0.25, 0.3) is 11.3 Å². The van der Waals surface area contributed by atoms with Gasteiger partial charge in [0.15, 0.2) is 0 Å². The maximum Gasteiger partial charge on any atom is 0.130 e. The Hall–Kier alpha value is -1.56. The molecule has 20 heavy (non-hydrogen) atoms. The van der Waals surface area contributed by atoms with E-state index in [1.165, 1.54) is 0 Å². The first-order valence-corrected chi connectivity index (χ1v) is 6.93. The number of nitrogens with one attached hydrogen (secondary N) is 1. The third-order valence-electron chi connectivity index (χ3n) is 2.79. The van der Waals surface area contributed by atoms with Crippen molar-refractivity contribution in [3.8, 4) is 11.3 Å². The standard InChI is InChI=1S/C15H18N2O2S/c1-18-9-10-19-8-7-14-16-13(11-15(20)17-14)12-5-3-2-4-6-12/h2-6,11H,7-10H2,1H3,(H,16,17,20). The van der Waals surface area contributed by atoms with Gasteiger partial charge in [-0.2, -0.15) is 0 Å². The summed E-state index contributed by atoms with van der Waals surface area (Å²) in [6.07, 6.45) is 0.702. The van der Waals surface area contributed by atoms with E-state index in [0.29, 0.717) is 30.9 Å². The van der Waals surface area contributed by atoms with Gasteiger partial charge in [0.05, 0.1) is 19.8 Å². The highest BCUT2D eigenvalue weighted by molar-refractivity contribution is 7.71. The van der Waals surface area contributed by atoms with E-state index < -0.39 is 0 Å². The molecule has 0 aliphatic rings. The Morgan fingerprint density at radius 1 is 1.15 bits per heavy atom. The van der Waals surface area contributed by atoms with E-state index in [9.17, 15) is 0 Å². The summed E-state index contributed by atoms with van der Waals surface area (Å²) >= 11 is 5.22. The lowest BCUT2D eigenvalue weighted by Gasteiger charge is -2.07. The number of aromatic amines is 1. The minimum Gasteiger partial charge on any atom is -0.382 e. The number of ether oxygens (including phenoxy) is 2. The van der Waals surface area contributed by atoms with Crippen LogP contribution in [-0.2, 0) is 15.9 Å². The van der Waals surface area contributed by atoms with Crippen LogP contribution in [0.4, 0.5) is 0 Å². The molecule has 0 spiro atoms. The van der Waals surface area contributed by atoms with Crippen molar-refractivity contribution in [2.24, 2.45) is 0 Å². The highest BCUT2D eigenvalue weighted by Crippen LogP contribution is 2.16. The molecule has 0 fully saturated rings. The number of benzene rings is 1. The SMILES string of the molecule is COCCOCCc1nc(=S)cc(-c2ccccc2)[nH]1. The minimum atomic E-state index is 0.592. The lowest BCUT2D eigenvalue weighted by Crippen LogP contribution is -2.07. The number of rotatable bonds is 7. The predicted molar refractivity (Wildman–Crippen MR) is 81.3 cm³/mol. The molecule has 0 aliphatic carbocycles. The van der Waals surface area contributed by atoms with Crippen molar-refractivity contribution in [1.82, 2.24) is 9.97 Å². The van der Waals surface area contributed by atoms with Gasteiger partial charge in [0, 0.05) is 19.2 Å². The second kappa shape index (κ2) is 7.89. The number of nitrogens with zero attached hydrogens (tertiary/aromatic N) is 1. The van der Waals surface area contributed by atoms with E-state index in [4.69, 9.17) is 21.7 Å². The van der Waals surface area contributed by atoms with Crippen LogP contribution in [0.15, 0.2) is 36.4 Å². The van der Waals surface area contributed by atoms with Crippen molar-refractivity contribution < 1.29 is 9.47 Å². The number of aromatic nitrogens is 2. The normalized spacial score (nSPS) is 10.7. The van der Waals surface area contributed by atoms with Crippen LogP contribution in [0.3, 0.4) is 0 Å². The maximum absolute atomic E-state index is 5.44. The fourth-order valence-electron chi connectivity index (χ4n) is 1.81. The first-order chi connectivity index (χ1) is 9.79.